The van der Waals surface area contributed by atoms with Crippen LogP contribution in [0, 0.1) is 6.92 Å². The Morgan fingerprint density at radius 3 is 3.17 bits per heavy atom. The lowest BCUT2D eigenvalue weighted by Crippen LogP contribution is -2.44. The molecule has 0 radical (unpaired) electrons. The van der Waals surface area contributed by atoms with Gasteiger partial charge in [-0.3, -0.25) is 19.8 Å². The predicted octanol–water partition coefficient (Wildman–Crippen LogP) is 0.198. The maximum absolute atomic E-state index is 12.1. The van der Waals surface area contributed by atoms with Gasteiger partial charge >= 0.3 is 0 Å². The SMILES string of the molecule is Cc1nc([C@@H]2CN(CC(=O)NCc3ccccn3)CCO2)n[nH]1. The van der Waals surface area contributed by atoms with E-state index in [1.165, 1.54) is 0 Å². The Morgan fingerprint density at radius 2 is 2.43 bits per heavy atom. The standard InChI is InChI=1S/C15H20N6O2/c1-11-18-15(20-19-11)13-9-21(6-7-23-13)10-14(22)17-8-12-4-2-3-5-16-12/h2-5,13H,6-10H2,1H3,(H,17,22)(H,18,19,20)/t13-/m0/s1. The molecule has 1 aliphatic heterocycles. The van der Waals surface area contributed by atoms with E-state index in [4.69, 9.17) is 4.74 Å². The van der Waals surface area contributed by atoms with Crippen LogP contribution in [0.4, 0.5) is 0 Å². The van der Waals surface area contributed by atoms with E-state index in [9.17, 15) is 4.79 Å². The van der Waals surface area contributed by atoms with Crippen molar-refractivity contribution in [2.75, 3.05) is 26.2 Å². The summed E-state index contributed by atoms with van der Waals surface area (Å²) in [4.78, 5) is 22.6. The average molecular weight is 316 g/mol. The van der Waals surface area contributed by atoms with Gasteiger partial charge in [0.1, 0.15) is 11.9 Å². The second-order valence-corrected chi connectivity index (χ2v) is 5.47. The van der Waals surface area contributed by atoms with Crippen molar-refractivity contribution in [3.8, 4) is 0 Å². The number of nitrogens with one attached hydrogen (secondary N) is 2. The van der Waals surface area contributed by atoms with Crippen LogP contribution < -0.4 is 5.32 Å². The minimum absolute atomic E-state index is 0.0255. The lowest BCUT2D eigenvalue weighted by atomic mass is 10.2. The van der Waals surface area contributed by atoms with E-state index in [2.05, 4.69) is 25.5 Å². The molecule has 2 N–H and O–H groups in total. The summed E-state index contributed by atoms with van der Waals surface area (Å²) < 4.78 is 5.69. The van der Waals surface area contributed by atoms with Crippen molar-refractivity contribution < 1.29 is 9.53 Å². The molecule has 1 fully saturated rings. The number of H-pyrrole nitrogens is 1. The lowest BCUT2D eigenvalue weighted by molar-refractivity contribution is -0.124. The van der Waals surface area contributed by atoms with Crippen molar-refractivity contribution in [2.45, 2.75) is 19.6 Å². The summed E-state index contributed by atoms with van der Waals surface area (Å²) in [7, 11) is 0. The van der Waals surface area contributed by atoms with E-state index in [-0.39, 0.29) is 12.0 Å². The molecule has 0 saturated carbocycles. The van der Waals surface area contributed by atoms with Gasteiger partial charge in [0.25, 0.3) is 0 Å². The number of nitrogens with zero attached hydrogens (tertiary/aromatic N) is 4. The molecule has 0 spiro atoms. The highest BCUT2D eigenvalue weighted by Crippen LogP contribution is 2.18. The minimum Gasteiger partial charge on any atom is -0.367 e. The Morgan fingerprint density at radius 1 is 1.52 bits per heavy atom. The van der Waals surface area contributed by atoms with E-state index >= 15 is 0 Å². The highest BCUT2D eigenvalue weighted by molar-refractivity contribution is 5.77. The van der Waals surface area contributed by atoms with Crippen LogP contribution in [0.3, 0.4) is 0 Å². The number of hydrogen-bond acceptors (Lipinski definition) is 6. The molecule has 1 atom stereocenters. The molecule has 23 heavy (non-hydrogen) atoms. The Hall–Kier alpha value is -2.32. The van der Waals surface area contributed by atoms with Gasteiger partial charge in [-0.05, 0) is 19.1 Å². The number of hydrogen-bond donors (Lipinski definition) is 2. The monoisotopic (exact) mass is 316 g/mol. The van der Waals surface area contributed by atoms with Gasteiger partial charge < -0.3 is 10.1 Å². The van der Waals surface area contributed by atoms with Crippen LogP contribution in [0.15, 0.2) is 24.4 Å². The third kappa shape index (κ3) is 4.33. The number of aromatic amines is 1. The van der Waals surface area contributed by atoms with Gasteiger partial charge in [-0.2, -0.15) is 5.10 Å². The molecule has 1 amide bonds. The molecule has 3 heterocycles. The Kier molecular flexibility index (Phi) is 4.94. The highest BCUT2D eigenvalue weighted by Gasteiger charge is 2.26. The molecule has 1 aliphatic rings. The van der Waals surface area contributed by atoms with Crippen molar-refractivity contribution in [3.05, 3.63) is 41.7 Å². The van der Waals surface area contributed by atoms with E-state index in [1.54, 1.807) is 6.20 Å². The molecule has 3 rings (SSSR count). The summed E-state index contributed by atoms with van der Waals surface area (Å²) in [5.41, 5.74) is 0.844. The van der Waals surface area contributed by atoms with Crippen molar-refractivity contribution in [2.24, 2.45) is 0 Å². The number of morpholine rings is 1. The first-order chi connectivity index (χ1) is 11.2. The third-order valence-electron chi connectivity index (χ3n) is 3.61. The quantitative estimate of drug-likeness (QED) is 0.818. The van der Waals surface area contributed by atoms with Crippen molar-refractivity contribution in [3.63, 3.8) is 0 Å². The van der Waals surface area contributed by atoms with E-state index in [0.717, 1.165) is 18.1 Å². The van der Waals surface area contributed by atoms with Gasteiger partial charge in [0.05, 0.1) is 25.4 Å². The maximum Gasteiger partial charge on any atom is 0.234 e. The van der Waals surface area contributed by atoms with Gasteiger partial charge in [-0.1, -0.05) is 6.07 Å². The van der Waals surface area contributed by atoms with Gasteiger partial charge in [-0.25, -0.2) is 4.98 Å². The largest absolute Gasteiger partial charge is 0.367 e. The number of ether oxygens (including phenoxy) is 1. The fourth-order valence-electron chi connectivity index (χ4n) is 2.46. The third-order valence-corrected chi connectivity index (χ3v) is 3.61. The second-order valence-electron chi connectivity index (χ2n) is 5.47. The van der Waals surface area contributed by atoms with Crippen molar-refractivity contribution >= 4 is 5.91 Å². The normalized spacial score (nSPS) is 18.7. The van der Waals surface area contributed by atoms with Gasteiger partial charge in [0.2, 0.25) is 5.91 Å². The molecule has 0 bridgehead atoms. The first-order valence-electron chi connectivity index (χ1n) is 7.60. The Bertz CT molecular complexity index is 644. The minimum atomic E-state index is -0.197. The van der Waals surface area contributed by atoms with Crippen LogP contribution in [-0.4, -0.2) is 57.2 Å². The van der Waals surface area contributed by atoms with Crippen LogP contribution in [0.5, 0.6) is 0 Å². The second kappa shape index (κ2) is 7.30. The summed E-state index contributed by atoms with van der Waals surface area (Å²) in [6, 6.07) is 5.64. The summed E-state index contributed by atoms with van der Waals surface area (Å²) in [5.74, 6) is 1.37. The zero-order chi connectivity index (χ0) is 16.1. The number of aromatic nitrogens is 4. The van der Waals surface area contributed by atoms with E-state index < -0.39 is 0 Å². The fourth-order valence-corrected chi connectivity index (χ4v) is 2.46. The summed E-state index contributed by atoms with van der Waals surface area (Å²) in [6.07, 6.45) is 1.52. The van der Waals surface area contributed by atoms with Crippen LogP contribution >= 0.6 is 0 Å². The number of carbonyl (C=O) groups is 1. The highest BCUT2D eigenvalue weighted by atomic mass is 16.5. The van der Waals surface area contributed by atoms with Gasteiger partial charge in [0.15, 0.2) is 5.82 Å². The molecule has 8 heteroatoms. The average Bonchev–Trinajstić information content (AvgIpc) is 3.01. The van der Waals surface area contributed by atoms with E-state index in [1.807, 2.05) is 30.0 Å². The van der Waals surface area contributed by atoms with Crippen LogP contribution in [0.25, 0.3) is 0 Å². The zero-order valence-corrected chi connectivity index (χ0v) is 13.0. The number of pyridine rings is 1. The lowest BCUT2D eigenvalue weighted by Gasteiger charge is -2.30. The predicted molar refractivity (Wildman–Crippen MR) is 82.3 cm³/mol. The molecule has 2 aromatic rings. The summed E-state index contributed by atoms with van der Waals surface area (Å²) >= 11 is 0. The number of rotatable bonds is 5. The number of aryl methyl sites for hydroxylation is 1. The molecule has 0 aliphatic carbocycles. The van der Waals surface area contributed by atoms with Crippen LogP contribution in [0.2, 0.25) is 0 Å². The fraction of sp³-hybridized carbons (Fsp3) is 0.467. The van der Waals surface area contributed by atoms with Crippen LogP contribution in [0.1, 0.15) is 23.4 Å². The molecule has 2 aromatic heterocycles. The zero-order valence-electron chi connectivity index (χ0n) is 13.0. The topological polar surface area (TPSA) is 96.0 Å². The number of amides is 1. The molecular formula is C15H20N6O2. The molecule has 0 aromatic carbocycles. The van der Waals surface area contributed by atoms with Crippen molar-refractivity contribution in [1.29, 1.82) is 0 Å². The maximum atomic E-state index is 12.1. The molecule has 1 saturated heterocycles. The first-order valence-corrected chi connectivity index (χ1v) is 7.60. The molecule has 0 unspecified atom stereocenters. The summed E-state index contributed by atoms with van der Waals surface area (Å²) in [6.45, 7) is 4.50. The first kappa shape index (κ1) is 15.6. The van der Waals surface area contributed by atoms with Crippen molar-refractivity contribution in [1.82, 2.24) is 30.4 Å². The van der Waals surface area contributed by atoms with Gasteiger partial charge in [0, 0.05) is 19.3 Å². The Balaban J connectivity index is 1.48. The summed E-state index contributed by atoms with van der Waals surface area (Å²) in [5, 5.41) is 9.83. The number of carbonyl (C=O) groups excluding carboxylic acids is 1. The Labute approximate surface area is 134 Å². The molecule has 122 valence electrons. The smallest absolute Gasteiger partial charge is 0.234 e. The van der Waals surface area contributed by atoms with Gasteiger partial charge in [-0.15, -0.1) is 0 Å². The molecular weight excluding hydrogens is 296 g/mol. The molecule has 8 nitrogen and oxygen atoms in total. The van der Waals surface area contributed by atoms with E-state index in [0.29, 0.717) is 32.1 Å². The van der Waals surface area contributed by atoms with Crippen LogP contribution in [-0.2, 0) is 16.1 Å².